The summed E-state index contributed by atoms with van der Waals surface area (Å²) in [7, 11) is 1.28. The first-order chi connectivity index (χ1) is 16.3. The third-order valence-electron chi connectivity index (χ3n) is 4.69. The number of carboxylic acids is 1. The Morgan fingerprint density at radius 3 is 2.72 bits per heavy atom. The molecule has 0 aromatic carbocycles. The van der Waals surface area contributed by atoms with Crippen LogP contribution in [0.3, 0.4) is 0 Å². The molecule has 0 radical (unpaired) electrons. The standard InChI is InChI=1S/C17H18N8O5S4.2ClH/c1-30-24-9(7-5-32-16(19)20-7)12(26)21-10-13(27)25-11(15(28)29)6(3-31-14(10)25)4-33-17-23-22-8(2-18)34-17;;/h5,10,14H,2-4,18H2,1H3,(H2,19,20)(H,21,26)(H,28,29);2*1H/t10?,14-;;/m1../s1. The lowest BCUT2D eigenvalue weighted by Crippen LogP contribution is -2.71. The van der Waals surface area contributed by atoms with E-state index in [-0.39, 0.29) is 53.6 Å². The molecule has 19 heteroatoms. The van der Waals surface area contributed by atoms with Gasteiger partial charge in [-0.15, -0.1) is 58.1 Å². The second-order valence-corrected chi connectivity index (χ2v) is 11.0. The predicted octanol–water partition coefficient (Wildman–Crippen LogP) is 0.760. The molecule has 2 aliphatic rings. The highest BCUT2D eigenvalue weighted by atomic mass is 35.5. The van der Waals surface area contributed by atoms with Gasteiger partial charge in [-0.1, -0.05) is 28.3 Å². The number of halogens is 2. The molecule has 0 aliphatic carbocycles. The third kappa shape index (κ3) is 6.04. The molecule has 1 saturated heterocycles. The van der Waals surface area contributed by atoms with E-state index >= 15 is 0 Å². The number of aromatic nitrogens is 3. The van der Waals surface area contributed by atoms with Gasteiger partial charge in [-0.05, 0) is 5.57 Å². The van der Waals surface area contributed by atoms with E-state index in [2.05, 4.69) is 25.7 Å². The van der Waals surface area contributed by atoms with Crippen molar-refractivity contribution in [3.8, 4) is 0 Å². The predicted molar refractivity (Wildman–Crippen MR) is 143 cm³/mol. The van der Waals surface area contributed by atoms with Crippen molar-refractivity contribution in [3.05, 3.63) is 27.4 Å². The molecule has 2 amide bonds. The number of hydrogen-bond acceptors (Lipinski definition) is 14. The van der Waals surface area contributed by atoms with E-state index in [1.807, 2.05) is 0 Å². The van der Waals surface area contributed by atoms with Crippen molar-refractivity contribution in [1.82, 2.24) is 25.4 Å². The van der Waals surface area contributed by atoms with Crippen LogP contribution in [0.1, 0.15) is 10.7 Å². The van der Waals surface area contributed by atoms with Crippen LogP contribution in [0.15, 0.2) is 26.1 Å². The number of fused-ring (bicyclic) bond motifs is 1. The van der Waals surface area contributed by atoms with Gasteiger partial charge < -0.3 is 26.7 Å². The van der Waals surface area contributed by atoms with E-state index < -0.39 is 29.2 Å². The van der Waals surface area contributed by atoms with E-state index in [9.17, 15) is 19.5 Å². The highest BCUT2D eigenvalue weighted by molar-refractivity contribution is 8.01. The van der Waals surface area contributed by atoms with Crippen molar-refractivity contribution < 1.29 is 24.3 Å². The normalized spacial score (nSPS) is 19.0. The van der Waals surface area contributed by atoms with Crippen LogP contribution in [0.25, 0.3) is 0 Å². The van der Waals surface area contributed by atoms with Crippen LogP contribution in [0.5, 0.6) is 0 Å². The largest absolute Gasteiger partial charge is 0.477 e. The van der Waals surface area contributed by atoms with E-state index in [0.29, 0.717) is 26.4 Å². The molecule has 0 spiro atoms. The molecule has 0 bridgehead atoms. The summed E-state index contributed by atoms with van der Waals surface area (Å²) in [4.78, 5) is 47.7. The Kier molecular flexibility index (Phi) is 10.8. The summed E-state index contributed by atoms with van der Waals surface area (Å²) in [5.41, 5.74) is 11.8. The van der Waals surface area contributed by atoms with Crippen LogP contribution in [0, 0.1) is 0 Å². The van der Waals surface area contributed by atoms with Crippen LogP contribution in [-0.4, -0.2) is 78.7 Å². The van der Waals surface area contributed by atoms with Gasteiger partial charge in [0.05, 0.1) is 0 Å². The molecule has 6 N–H and O–H groups in total. The minimum absolute atomic E-state index is 0. The SMILES string of the molecule is CON=C(C(=O)NC1C(=O)N2C(C(=O)O)=C(CSc3nnc(CN)s3)CS[C@H]12)c1csc(N)n1.Cl.Cl. The summed E-state index contributed by atoms with van der Waals surface area (Å²) >= 11 is 5.16. The lowest BCUT2D eigenvalue weighted by Gasteiger charge is -2.49. The van der Waals surface area contributed by atoms with Crippen LogP contribution in [0.2, 0.25) is 0 Å². The number of carbonyl (C=O) groups excluding carboxylic acids is 2. The zero-order chi connectivity index (χ0) is 24.4. The number of thiazole rings is 1. The number of carboxylic acid groups (broad SMARTS) is 1. The third-order valence-corrected chi connectivity index (χ3v) is 8.87. The maximum absolute atomic E-state index is 12.9. The second kappa shape index (κ2) is 12.9. The molecule has 0 saturated carbocycles. The number of oxime groups is 1. The quantitative estimate of drug-likeness (QED) is 0.134. The zero-order valence-corrected chi connectivity index (χ0v) is 23.2. The molecule has 1 unspecified atom stereocenters. The molecule has 13 nitrogen and oxygen atoms in total. The molecule has 196 valence electrons. The number of nitrogens with one attached hydrogen (secondary N) is 1. The van der Waals surface area contributed by atoms with Gasteiger partial charge in [-0.25, -0.2) is 9.78 Å². The smallest absolute Gasteiger partial charge is 0.352 e. The van der Waals surface area contributed by atoms with Crippen molar-refractivity contribution in [2.24, 2.45) is 10.9 Å². The molecule has 2 aliphatic heterocycles. The molecular weight excluding hydrogens is 595 g/mol. The van der Waals surface area contributed by atoms with Crippen molar-refractivity contribution in [2.45, 2.75) is 22.3 Å². The number of thioether (sulfide) groups is 2. The maximum Gasteiger partial charge on any atom is 0.352 e. The van der Waals surface area contributed by atoms with Gasteiger partial charge in [-0.2, -0.15) is 0 Å². The number of rotatable bonds is 9. The molecule has 4 rings (SSSR count). The zero-order valence-electron chi connectivity index (χ0n) is 18.3. The van der Waals surface area contributed by atoms with Crippen LogP contribution in [0.4, 0.5) is 5.13 Å². The summed E-state index contributed by atoms with van der Waals surface area (Å²) in [6.45, 7) is 0.279. The Morgan fingerprint density at radius 1 is 1.39 bits per heavy atom. The number of carbonyl (C=O) groups is 3. The molecule has 4 heterocycles. The Morgan fingerprint density at radius 2 is 2.14 bits per heavy atom. The molecule has 2 atom stereocenters. The number of nitrogens with two attached hydrogens (primary N) is 2. The minimum Gasteiger partial charge on any atom is -0.477 e. The first kappa shape index (κ1) is 30.1. The average Bonchev–Trinajstić information content (AvgIpc) is 3.47. The van der Waals surface area contributed by atoms with Crippen LogP contribution < -0.4 is 16.8 Å². The molecule has 2 aromatic heterocycles. The van der Waals surface area contributed by atoms with Gasteiger partial charge in [0.1, 0.15) is 34.9 Å². The number of anilines is 1. The number of hydrogen-bond donors (Lipinski definition) is 4. The monoisotopic (exact) mass is 614 g/mol. The second-order valence-electron chi connectivity index (χ2n) is 6.77. The van der Waals surface area contributed by atoms with Gasteiger partial charge in [0.15, 0.2) is 15.2 Å². The maximum atomic E-state index is 12.9. The Hall–Kier alpha value is -2.15. The Balaban J connectivity index is 0.00000228. The number of nitrogen functional groups attached to an aromatic ring is 1. The van der Waals surface area contributed by atoms with Crippen LogP contribution in [-0.2, 0) is 25.8 Å². The first-order valence-corrected chi connectivity index (χ1v) is 13.3. The lowest BCUT2D eigenvalue weighted by molar-refractivity contribution is -0.150. The number of aliphatic carboxylic acids is 1. The van der Waals surface area contributed by atoms with E-state index in [0.717, 1.165) is 11.3 Å². The fourth-order valence-electron chi connectivity index (χ4n) is 3.22. The highest BCUT2D eigenvalue weighted by Gasteiger charge is 2.54. The average molecular weight is 616 g/mol. The number of amides is 2. The summed E-state index contributed by atoms with van der Waals surface area (Å²) in [5, 5.41) is 26.0. The summed E-state index contributed by atoms with van der Waals surface area (Å²) < 4.78 is 0.664. The van der Waals surface area contributed by atoms with E-state index in [4.69, 9.17) is 16.3 Å². The Labute approximate surface area is 233 Å². The lowest BCUT2D eigenvalue weighted by atomic mass is 10.0. The summed E-state index contributed by atoms with van der Waals surface area (Å²) in [6.07, 6.45) is 0. The fraction of sp³-hybridized carbons (Fsp3) is 0.353. The van der Waals surface area contributed by atoms with Gasteiger partial charge in [0, 0.05) is 23.4 Å². The van der Waals surface area contributed by atoms with Gasteiger partial charge in [0.25, 0.3) is 11.8 Å². The number of β-lactam (4-membered cyclic amide) rings is 1. The highest BCUT2D eigenvalue weighted by Crippen LogP contribution is 2.41. The van der Waals surface area contributed by atoms with E-state index in [1.165, 1.54) is 46.9 Å². The van der Waals surface area contributed by atoms with Crippen molar-refractivity contribution in [3.63, 3.8) is 0 Å². The summed E-state index contributed by atoms with van der Waals surface area (Å²) in [5.74, 6) is -1.71. The van der Waals surface area contributed by atoms with E-state index in [1.54, 1.807) is 5.38 Å². The van der Waals surface area contributed by atoms with Gasteiger partial charge in [-0.3, -0.25) is 14.5 Å². The van der Waals surface area contributed by atoms with Gasteiger partial charge >= 0.3 is 5.97 Å². The van der Waals surface area contributed by atoms with Gasteiger partial charge in [0.2, 0.25) is 0 Å². The van der Waals surface area contributed by atoms with Crippen molar-refractivity contribution in [2.75, 3.05) is 24.3 Å². The molecule has 36 heavy (non-hydrogen) atoms. The summed E-state index contributed by atoms with van der Waals surface area (Å²) in [6, 6.07) is -0.922. The van der Waals surface area contributed by atoms with Crippen molar-refractivity contribution in [1.29, 1.82) is 0 Å². The minimum atomic E-state index is -1.21. The topological polar surface area (TPSA) is 199 Å². The Bertz CT molecular complexity index is 1210. The fourth-order valence-corrected chi connectivity index (χ4v) is 7.03. The molecule has 2 aromatic rings. The number of nitrogens with zero attached hydrogens (tertiary/aromatic N) is 5. The molecular formula is C17H20Cl2N8O5S4. The van der Waals surface area contributed by atoms with Crippen molar-refractivity contribution >= 4 is 99.6 Å². The van der Waals surface area contributed by atoms with Crippen LogP contribution >= 0.6 is 71.0 Å². The first-order valence-electron chi connectivity index (χ1n) is 9.52. The molecule has 1 fully saturated rings.